The highest BCUT2D eigenvalue weighted by Gasteiger charge is 2.63. The second-order valence-corrected chi connectivity index (χ2v) is 14.4. The molecule has 0 bridgehead atoms. The number of fused-ring (bicyclic) bond motifs is 5. The van der Waals surface area contributed by atoms with Crippen LogP contribution in [0.15, 0.2) is 16.8 Å². The Bertz CT molecular complexity index is 1260. The SMILES string of the molecule is C#C[C@@]1(O)CC[C@@H]2[C@@H]3CCC4=C/C(=N/OCC(=O)N[C@@H](C(=O)N5C[C@H](O)C[C@@H]5C(=O)O)C(C)C)CC[C@]4(C)[C@@H]3CC[C@@]21C. The zero-order valence-electron chi connectivity index (χ0n) is 25.8. The first-order valence-electron chi connectivity index (χ1n) is 15.8. The summed E-state index contributed by atoms with van der Waals surface area (Å²) in [6.45, 7) is 7.66. The third-order valence-corrected chi connectivity index (χ3v) is 11.8. The molecule has 1 heterocycles. The number of carboxylic acids is 1. The van der Waals surface area contributed by atoms with Gasteiger partial charge in [-0.15, -0.1) is 6.42 Å². The fourth-order valence-electron chi connectivity index (χ4n) is 9.27. The molecule has 0 aromatic heterocycles. The van der Waals surface area contributed by atoms with Gasteiger partial charge in [-0.25, -0.2) is 4.79 Å². The molecule has 0 radical (unpaired) electrons. The number of nitrogens with zero attached hydrogens (tertiary/aromatic N) is 2. The number of oxime groups is 1. The first-order valence-corrected chi connectivity index (χ1v) is 15.8. The van der Waals surface area contributed by atoms with Crippen LogP contribution in [0.1, 0.15) is 85.5 Å². The number of likely N-dealkylation sites (tertiary alicyclic amines) is 1. The predicted molar refractivity (Wildman–Crippen MR) is 159 cm³/mol. The van der Waals surface area contributed by atoms with Gasteiger partial charge in [0.2, 0.25) is 5.91 Å². The van der Waals surface area contributed by atoms with Crippen LogP contribution in [0.2, 0.25) is 0 Å². The number of hydrogen-bond donors (Lipinski definition) is 4. The van der Waals surface area contributed by atoms with Crippen LogP contribution in [0, 0.1) is 46.8 Å². The lowest BCUT2D eigenvalue weighted by Gasteiger charge is -2.58. The highest BCUT2D eigenvalue weighted by molar-refractivity contribution is 5.96. The van der Waals surface area contributed by atoms with Crippen LogP contribution < -0.4 is 5.32 Å². The standard InChI is InChI=1S/C33H47N3O7/c1-6-33(42)14-11-25-23-8-7-20-15-21(9-12-31(20,4)24(23)10-13-32(25,33)5)35-43-18-27(38)34-28(19(2)3)29(39)36-17-22(37)16-26(36)30(40)41/h1,15,19,22-26,28,37,42H,7-14,16-18H2,2-5H3,(H,34,38)(H,40,41)/b35-21+/t22-,23-,24-,25-,26-,28-,31+,32+,33-/m1/s1. The minimum atomic E-state index is -1.18. The molecular weight excluding hydrogens is 550 g/mol. The number of β-amino-alcohol motifs (C(OH)–C–C–N with tert-alkyl or cyclic N) is 1. The first kappa shape index (κ1) is 31.5. The summed E-state index contributed by atoms with van der Waals surface area (Å²) in [6.07, 6.45) is 14.4. The molecular formula is C33H47N3O7. The van der Waals surface area contributed by atoms with Crippen LogP contribution in [0.4, 0.5) is 0 Å². The molecule has 43 heavy (non-hydrogen) atoms. The van der Waals surface area contributed by atoms with Crippen LogP contribution in [-0.2, 0) is 19.2 Å². The first-order chi connectivity index (χ1) is 20.2. The Hall–Kier alpha value is -2.90. The van der Waals surface area contributed by atoms with E-state index in [1.807, 2.05) is 0 Å². The molecule has 4 N–H and O–H groups in total. The number of aliphatic hydroxyl groups is 2. The molecule has 5 aliphatic rings. The molecule has 2 amide bonds. The fraction of sp³-hybridized carbons (Fsp3) is 0.758. The Morgan fingerprint density at radius 3 is 2.56 bits per heavy atom. The molecule has 10 heteroatoms. The second kappa shape index (κ2) is 11.6. The molecule has 1 saturated heterocycles. The summed E-state index contributed by atoms with van der Waals surface area (Å²) in [5.74, 6) is 1.75. The molecule has 3 saturated carbocycles. The number of rotatable bonds is 7. The number of nitrogens with one attached hydrogen (secondary N) is 1. The van der Waals surface area contributed by atoms with Crippen LogP contribution in [0.3, 0.4) is 0 Å². The van der Waals surface area contributed by atoms with E-state index in [1.165, 1.54) is 5.57 Å². The number of amides is 2. The van der Waals surface area contributed by atoms with Crippen LogP contribution >= 0.6 is 0 Å². The molecule has 0 unspecified atom stereocenters. The number of carbonyl (C=O) groups is 3. The van der Waals surface area contributed by atoms with E-state index < -0.39 is 41.6 Å². The van der Waals surface area contributed by atoms with E-state index in [1.54, 1.807) is 13.8 Å². The fourth-order valence-corrected chi connectivity index (χ4v) is 9.27. The summed E-state index contributed by atoms with van der Waals surface area (Å²) in [7, 11) is 0. The Balaban J connectivity index is 1.19. The van der Waals surface area contributed by atoms with Gasteiger partial charge in [0.05, 0.1) is 11.8 Å². The minimum absolute atomic E-state index is 0.0362. The maximum absolute atomic E-state index is 13.1. The van der Waals surface area contributed by atoms with E-state index in [0.717, 1.165) is 55.6 Å². The zero-order chi connectivity index (χ0) is 31.3. The number of aliphatic carboxylic acids is 1. The van der Waals surface area contributed by atoms with Crippen molar-refractivity contribution in [3.05, 3.63) is 11.6 Å². The summed E-state index contributed by atoms with van der Waals surface area (Å²) < 4.78 is 0. The van der Waals surface area contributed by atoms with Crippen LogP contribution in [0.25, 0.3) is 0 Å². The van der Waals surface area contributed by atoms with Gasteiger partial charge in [0.1, 0.15) is 17.7 Å². The van der Waals surface area contributed by atoms with Gasteiger partial charge in [0, 0.05) is 18.4 Å². The van der Waals surface area contributed by atoms with Gasteiger partial charge in [0.15, 0.2) is 6.61 Å². The van der Waals surface area contributed by atoms with E-state index in [-0.39, 0.29) is 36.3 Å². The molecule has 0 aromatic rings. The van der Waals surface area contributed by atoms with Gasteiger partial charge in [0.25, 0.3) is 5.91 Å². The van der Waals surface area contributed by atoms with E-state index >= 15 is 0 Å². The van der Waals surface area contributed by atoms with Gasteiger partial charge in [-0.05, 0) is 86.5 Å². The van der Waals surface area contributed by atoms with Crippen molar-refractivity contribution in [2.45, 2.75) is 109 Å². The number of allylic oxidation sites excluding steroid dienone is 2. The average Bonchev–Trinajstić information content (AvgIpc) is 3.48. The van der Waals surface area contributed by atoms with E-state index in [0.29, 0.717) is 24.2 Å². The lowest BCUT2D eigenvalue weighted by molar-refractivity contribution is -0.150. The van der Waals surface area contributed by atoms with Crippen molar-refractivity contribution in [2.75, 3.05) is 13.2 Å². The number of hydrogen-bond acceptors (Lipinski definition) is 7. The van der Waals surface area contributed by atoms with Gasteiger partial charge in [-0.1, -0.05) is 44.3 Å². The molecule has 9 atom stereocenters. The Morgan fingerprint density at radius 2 is 1.88 bits per heavy atom. The van der Waals surface area contributed by atoms with Gasteiger partial charge in [-0.3, -0.25) is 9.59 Å². The van der Waals surface area contributed by atoms with Crippen molar-refractivity contribution < 1.29 is 34.5 Å². The Labute approximate surface area is 254 Å². The van der Waals surface area contributed by atoms with Gasteiger partial charge < -0.3 is 30.4 Å². The number of carbonyl (C=O) groups excluding carboxylic acids is 2. The van der Waals surface area contributed by atoms with Crippen molar-refractivity contribution in [1.29, 1.82) is 0 Å². The largest absolute Gasteiger partial charge is 0.480 e. The maximum atomic E-state index is 13.1. The molecule has 236 valence electrons. The van der Waals surface area contributed by atoms with Gasteiger partial charge in [-0.2, -0.15) is 0 Å². The van der Waals surface area contributed by atoms with Crippen molar-refractivity contribution >= 4 is 23.5 Å². The summed E-state index contributed by atoms with van der Waals surface area (Å²) in [6, 6.07) is -2.07. The average molecular weight is 598 g/mol. The van der Waals surface area contributed by atoms with Crippen molar-refractivity contribution in [1.82, 2.24) is 10.2 Å². The zero-order valence-corrected chi connectivity index (χ0v) is 25.8. The summed E-state index contributed by atoms with van der Waals surface area (Å²) in [5.41, 5.74) is 1.03. The summed E-state index contributed by atoms with van der Waals surface area (Å²) >= 11 is 0. The molecule has 4 fully saturated rings. The number of aliphatic hydroxyl groups excluding tert-OH is 1. The maximum Gasteiger partial charge on any atom is 0.326 e. The molecule has 1 aliphatic heterocycles. The van der Waals surface area contributed by atoms with E-state index in [2.05, 4.69) is 36.3 Å². The van der Waals surface area contributed by atoms with Crippen LogP contribution in [-0.4, -0.2) is 80.7 Å². The smallest absolute Gasteiger partial charge is 0.326 e. The van der Waals surface area contributed by atoms with Crippen LogP contribution in [0.5, 0.6) is 0 Å². The van der Waals surface area contributed by atoms with E-state index in [4.69, 9.17) is 11.3 Å². The molecule has 4 aliphatic carbocycles. The molecule has 10 nitrogen and oxygen atoms in total. The van der Waals surface area contributed by atoms with Crippen molar-refractivity contribution in [3.63, 3.8) is 0 Å². The predicted octanol–water partition coefficient (Wildman–Crippen LogP) is 2.87. The highest BCUT2D eigenvalue weighted by Crippen LogP contribution is 2.67. The van der Waals surface area contributed by atoms with Gasteiger partial charge >= 0.3 is 5.97 Å². The number of terminal acetylenes is 1. The highest BCUT2D eigenvalue weighted by atomic mass is 16.6. The van der Waals surface area contributed by atoms with Crippen molar-refractivity contribution in [3.8, 4) is 12.3 Å². The van der Waals surface area contributed by atoms with Crippen molar-refractivity contribution in [2.24, 2.45) is 39.7 Å². The lowest BCUT2D eigenvalue weighted by Crippen LogP contribution is -2.54. The third-order valence-electron chi connectivity index (χ3n) is 11.8. The monoisotopic (exact) mass is 597 g/mol. The second-order valence-electron chi connectivity index (χ2n) is 14.4. The third kappa shape index (κ3) is 5.37. The quantitative estimate of drug-likeness (QED) is 0.261. The molecule has 0 aromatic carbocycles. The Kier molecular flexibility index (Phi) is 8.47. The topological polar surface area (TPSA) is 149 Å². The Morgan fingerprint density at radius 1 is 1.16 bits per heavy atom. The normalized spacial score (nSPS) is 40.1. The molecule has 0 spiro atoms. The summed E-state index contributed by atoms with van der Waals surface area (Å²) in [4.78, 5) is 44.0. The minimum Gasteiger partial charge on any atom is -0.480 e. The number of carboxylic acid groups (broad SMARTS) is 1. The molecule has 5 rings (SSSR count). The summed E-state index contributed by atoms with van der Waals surface area (Å²) in [5, 5.41) is 37.6. The van der Waals surface area contributed by atoms with E-state index in [9.17, 15) is 29.7 Å². The lowest BCUT2D eigenvalue weighted by atomic mass is 9.46.